The number of benzene rings is 2. The van der Waals surface area contributed by atoms with E-state index in [2.05, 4.69) is 48.5 Å². The zero-order valence-electron chi connectivity index (χ0n) is 10.4. The monoisotopic (exact) mass is 232 g/mol. The van der Waals surface area contributed by atoms with Gasteiger partial charge in [0.1, 0.15) is 0 Å². The van der Waals surface area contributed by atoms with Crippen LogP contribution in [0.25, 0.3) is 11.1 Å². The summed E-state index contributed by atoms with van der Waals surface area (Å²) in [6.45, 7) is 0. The quantitative estimate of drug-likeness (QED) is 0.627. The molecule has 0 saturated carbocycles. The molecule has 0 unspecified atom stereocenters. The van der Waals surface area contributed by atoms with E-state index in [1.807, 2.05) is 0 Å². The summed E-state index contributed by atoms with van der Waals surface area (Å²) in [6.07, 6.45) is 4.89. The zero-order valence-corrected chi connectivity index (χ0v) is 10.4. The molecule has 0 heteroatoms. The second-order valence-corrected chi connectivity index (χ2v) is 5.27. The van der Waals surface area contributed by atoms with Crippen LogP contribution in [0, 0.1) is 0 Å². The largest absolute Gasteiger partial charge is 0.0620 e. The van der Waals surface area contributed by atoms with Crippen molar-refractivity contribution in [2.75, 3.05) is 0 Å². The second kappa shape index (κ2) is 3.84. The Morgan fingerprint density at radius 1 is 0.500 bits per heavy atom. The van der Waals surface area contributed by atoms with E-state index in [4.69, 9.17) is 0 Å². The van der Waals surface area contributed by atoms with Gasteiger partial charge >= 0.3 is 0 Å². The lowest BCUT2D eigenvalue weighted by Gasteiger charge is -2.07. The Labute approximate surface area is 108 Å². The number of rotatable bonds is 0. The minimum Gasteiger partial charge on any atom is -0.0620 e. The van der Waals surface area contributed by atoms with Gasteiger partial charge in [0.05, 0.1) is 0 Å². The maximum Gasteiger partial charge on any atom is -0.0189 e. The summed E-state index contributed by atoms with van der Waals surface area (Å²) in [5.41, 5.74) is 9.29. The van der Waals surface area contributed by atoms with Gasteiger partial charge in [0.2, 0.25) is 0 Å². The highest BCUT2D eigenvalue weighted by Gasteiger charge is 2.24. The van der Waals surface area contributed by atoms with Crippen LogP contribution >= 0.6 is 0 Å². The molecule has 88 valence electrons. The fraction of sp³-hybridized carbons (Fsp3) is 0.222. The fourth-order valence-electron chi connectivity index (χ4n) is 3.48. The average molecular weight is 232 g/mol. The highest BCUT2D eigenvalue weighted by Crippen LogP contribution is 2.43. The van der Waals surface area contributed by atoms with Crippen LogP contribution in [-0.4, -0.2) is 0 Å². The van der Waals surface area contributed by atoms with Gasteiger partial charge in [-0.2, -0.15) is 0 Å². The molecule has 2 aromatic rings. The molecule has 0 amide bonds. The van der Waals surface area contributed by atoms with Crippen LogP contribution in [0.4, 0.5) is 0 Å². The third-order valence-corrected chi connectivity index (χ3v) is 4.34. The lowest BCUT2D eigenvalue weighted by Crippen LogP contribution is -1.85. The molecule has 0 spiro atoms. The van der Waals surface area contributed by atoms with Crippen LogP contribution in [0.3, 0.4) is 0 Å². The molecule has 2 aliphatic rings. The normalized spacial score (nSPS) is 20.9. The van der Waals surface area contributed by atoms with Crippen molar-refractivity contribution in [2.24, 2.45) is 0 Å². The standard InChI is InChI=1S/C18H16/c1-3-7-15-13(5-1)9-11-17(15)18-12-10-14-6-2-4-8-16(14)18/h1-8H,9-12H2/b18-17-. The molecular weight excluding hydrogens is 216 g/mol. The van der Waals surface area contributed by atoms with E-state index in [1.165, 1.54) is 47.9 Å². The molecule has 0 aliphatic heterocycles. The molecular formula is C18H16. The zero-order chi connectivity index (χ0) is 11.9. The summed E-state index contributed by atoms with van der Waals surface area (Å²) in [4.78, 5) is 0. The number of hydrogen-bond donors (Lipinski definition) is 0. The maximum absolute atomic E-state index is 2.30. The van der Waals surface area contributed by atoms with E-state index >= 15 is 0 Å². The molecule has 0 nitrogen and oxygen atoms in total. The Bertz CT molecular complexity index is 589. The highest BCUT2D eigenvalue weighted by atomic mass is 14.3. The van der Waals surface area contributed by atoms with Gasteiger partial charge in [-0.3, -0.25) is 0 Å². The first-order valence-electron chi connectivity index (χ1n) is 6.82. The van der Waals surface area contributed by atoms with Crippen molar-refractivity contribution in [3.8, 4) is 0 Å². The Kier molecular flexibility index (Phi) is 2.16. The molecule has 0 heterocycles. The lowest BCUT2D eigenvalue weighted by atomic mass is 9.97. The Morgan fingerprint density at radius 3 is 1.44 bits per heavy atom. The van der Waals surface area contributed by atoms with Crippen molar-refractivity contribution in [2.45, 2.75) is 25.7 Å². The van der Waals surface area contributed by atoms with Crippen molar-refractivity contribution < 1.29 is 0 Å². The first-order chi connectivity index (χ1) is 8.93. The van der Waals surface area contributed by atoms with Crippen LogP contribution in [-0.2, 0) is 12.8 Å². The van der Waals surface area contributed by atoms with Gasteiger partial charge in [0.25, 0.3) is 0 Å². The van der Waals surface area contributed by atoms with Crippen molar-refractivity contribution in [1.82, 2.24) is 0 Å². The predicted molar refractivity (Wildman–Crippen MR) is 76.3 cm³/mol. The topological polar surface area (TPSA) is 0 Å². The summed E-state index contributed by atoms with van der Waals surface area (Å²) in [5.74, 6) is 0. The van der Waals surface area contributed by atoms with E-state index < -0.39 is 0 Å². The van der Waals surface area contributed by atoms with Gasteiger partial charge < -0.3 is 0 Å². The van der Waals surface area contributed by atoms with Gasteiger partial charge in [-0.1, -0.05) is 48.5 Å². The SMILES string of the molecule is c1ccc2c(c1)CC/C2=C1\CCc2ccccc21. The third kappa shape index (κ3) is 1.38. The minimum absolute atomic E-state index is 1.22. The fourth-order valence-corrected chi connectivity index (χ4v) is 3.48. The van der Waals surface area contributed by atoms with Crippen LogP contribution in [0.2, 0.25) is 0 Å². The maximum atomic E-state index is 2.30. The van der Waals surface area contributed by atoms with Gasteiger partial charge in [-0.15, -0.1) is 0 Å². The van der Waals surface area contributed by atoms with Crippen molar-refractivity contribution in [3.63, 3.8) is 0 Å². The Balaban J connectivity index is 1.93. The summed E-state index contributed by atoms with van der Waals surface area (Å²) in [6, 6.07) is 17.8. The van der Waals surface area contributed by atoms with E-state index in [0.29, 0.717) is 0 Å². The smallest absolute Gasteiger partial charge is 0.0189 e. The van der Waals surface area contributed by atoms with Gasteiger partial charge in [0, 0.05) is 0 Å². The molecule has 0 N–H and O–H groups in total. The number of hydrogen-bond acceptors (Lipinski definition) is 0. The van der Waals surface area contributed by atoms with Crippen LogP contribution < -0.4 is 0 Å². The van der Waals surface area contributed by atoms with E-state index in [1.54, 1.807) is 11.1 Å². The molecule has 0 aromatic heterocycles. The number of allylic oxidation sites excluding steroid dienone is 2. The van der Waals surface area contributed by atoms with Gasteiger partial charge in [0.15, 0.2) is 0 Å². The molecule has 0 bridgehead atoms. The minimum atomic E-state index is 1.22. The van der Waals surface area contributed by atoms with Crippen molar-refractivity contribution in [1.29, 1.82) is 0 Å². The Hall–Kier alpha value is -1.82. The summed E-state index contributed by atoms with van der Waals surface area (Å²) < 4.78 is 0. The molecule has 0 atom stereocenters. The molecule has 0 radical (unpaired) electrons. The van der Waals surface area contributed by atoms with Crippen LogP contribution in [0.15, 0.2) is 48.5 Å². The van der Waals surface area contributed by atoms with Crippen LogP contribution in [0.5, 0.6) is 0 Å². The van der Waals surface area contributed by atoms with Crippen molar-refractivity contribution >= 4 is 11.1 Å². The van der Waals surface area contributed by atoms with E-state index in [-0.39, 0.29) is 0 Å². The second-order valence-electron chi connectivity index (χ2n) is 5.27. The molecule has 18 heavy (non-hydrogen) atoms. The van der Waals surface area contributed by atoms with Gasteiger partial charge in [-0.25, -0.2) is 0 Å². The molecule has 2 aliphatic carbocycles. The predicted octanol–water partition coefficient (Wildman–Crippen LogP) is 4.49. The van der Waals surface area contributed by atoms with E-state index in [9.17, 15) is 0 Å². The first-order valence-corrected chi connectivity index (χ1v) is 6.82. The summed E-state index contributed by atoms with van der Waals surface area (Å²) >= 11 is 0. The summed E-state index contributed by atoms with van der Waals surface area (Å²) in [7, 11) is 0. The van der Waals surface area contributed by atoms with E-state index in [0.717, 1.165) is 0 Å². The van der Waals surface area contributed by atoms with Crippen molar-refractivity contribution in [3.05, 3.63) is 70.8 Å². The molecule has 0 fully saturated rings. The third-order valence-electron chi connectivity index (χ3n) is 4.34. The molecule has 0 saturated heterocycles. The number of aryl methyl sites for hydroxylation is 2. The first kappa shape index (κ1) is 10.1. The molecule has 2 aromatic carbocycles. The Morgan fingerprint density at radius 2 is 0.944 bits per heavy atom. The number of fused-ring (bicyclic) bond motifs is 2. The highest BCUT2D eigenvalue weighted by molar-refractivity contribution is 5.95. The average Bonchev–Trinajstić information content (AvgIpc) is 3.01. The molecule has 4 rings (SSSR count). The van der Waals surface area contributed by atoms with Crippen LogP contribution in [0.1, 0.15) is 35.1 Å². The lowest BCUT2D eigenvalue weighted by molar-refractivity contribution is 1.06. The van der Waals surface area contributed by atoms with Gasteiger partial charge in [-0.05, 0) is 59.1 Å². The summed E-state index contributed by atoms with van der Waals surface area (Å²) in [5, 5.41) is 0.